The van der Waals surface area contributed by atoms with Gasteiger partial charge in [0.1, 0.15) is 41.3 Å². The van der Waals surface area contributed by atoms with Crippen LogP contribution in [0.2, 0.25) is 5.02 Å². The Kier molecular flexibility index (Phi) is 7.44. The number of nitrogen functional groups attached to an aromatic ring is 1. The summed E-state index contributed by atoms with van der Waals surface area (Å²) in [5.41, 5.74) is 5.79. The minimum absolute atomic E-state index is 0.0103. The number of aromatic nitrogens is 4. The van der Waals surface area contributed by atoms with Crippen LogP contribution in [0.1, 0.15) is 25.7 Å². The van der Waals surface area contributed by atoms with Gasteiger partial charge in [0.05, 0.1) is 15.9 Å². The SMILES string of the molecule is C=CC(=O)N1CC[C@@H](N(C)c2nc(OC[C@@]34CCCN3C[C@H](F)C4)nc3c(F)c(-c4nc(N)cc5cccc(Cl)c45)ncc23)C1. The van der Waals surface area contributed by atoms with Crippen LogP contribution in [-0.2, 0) is 4.79 Å². The van der Waals surface area contributed by atoms with Crippen molar-refractivity contribution >= 4 is 50.8 Å². The minimum Gasteiger partial charge on any atom is -0.461 e. The van der Waals surface area contributed by atoms with Crippen LogP contribution in [0.5, 0.6) is 6.01 Å². The lowest BCUT2D eigenvalue weighted by Gasteiger charge is -2.31. The summed E-state index contributed by atoms with van der Waals surface area (Å²) in [5, 5.41) is 1.96. The molecule has 13 heteroatoms. The molecular formula is C32H33ClF2N8O2. The number of carbonyl (C=O) groups is 1. The Bertz CT molecular complexity index is 1840. The number of carbonyl (C=O) groups excluding carboxylic acids is 1. The highest BCUT2D eigenvalue weighted by Crippen LogP contribution is 2.41. The van der Waals surface area contributed by atoms with E-state index in [1.165, 1.54) is 12.3 Å². The van der Waals surface area contributed by atoms with Crippen molar-refractivity contribution in [1.82, 2.24) is 29.7 Å². The average molecular weight is 635 g/mol. The summed E-state index contributed by atoms with van der Waals surface area (Å²) >= 11 is 6.55. The largest absolute Gasteiger partial charge is 0.461 e. The maximum absolute atomic E-state index is 16.7. The normalized spacial score (nSPS) is 23.2. The zero-order valence-electron chi connectivity index (χ0n) is 24.8. The van der Waals surface area contributed by atoms with E-state index in [0.717, 1.165) is 19.4 Å². The quantitative estimate of drug-likeness (QED) is 0.287. The third kappa shape index (κ3) is 5.09. The van der Waals surface area contributed by atoms with Crippen molar-refractivity contribution in [2.24, 2.45) is 0 Å². The number of amides is 1. The molecule has 7 rings (SSSR count). The molecule has 0 spiro atoms. The number of pyridine rings is 2. The molecule has 0 radical (unpaired) electrons. The first kappa shape index (κ1) is 29.5. The van der Waals surface area contributed by atoms with Gasteiger partial charge >= 0.3 is 6.01 Å². The number of halogens is 3. The third-order valence-electron chi connectivity index (χ3n) is 9.46. The van der Waals surface area contributed by atoms with Gasteiger partial charge in [-0.1, -0.05) is 30.3 Å². The van der Waals surface area contributed by atoms with E-state index < -0.39 is 17.5 Å². The fraction of sp³-hybridized carbons (Fsp3) is 0.406. The number of nitrogens with zero attached hydrogens (tertiary/aromatic N) is 7. The molecule has 3 aliphatic heterocycles. The molecule has 4 aromatic rings. The molecule has 2 N–H and O–H groups in total. The number of rotatable bonds is 7. The predicted molar refractivity (Wildman–Crippen MR) is 170 cm³/mol. The van der Waals surface area contributed by atoms with Crippen molar-refractivity contribution in [1.29, 1.82) is 0 Å². The minimum atomic E-state index is -0.921. The van der Waals surface area contributed by atoms with E-state index >= 15 is 4.39 Å². The smallest absolute Gasteiger partial charge is 0.319 e. The first-order chi connectivity index (χ1) is 21.7. The van der Waals surface area contributed by atoms with Crippen LogP contribution in [0.4, 0.5) is 20.4 Å². The Labute approximate surface area is 263 Å². The highest BCUT2D eigenvalue weighted by molar-refractivity contribution is 6.36. The molecule has 0 saturated carbocycles. The molecule has 3 saturated heterocycles. The first-order valence-electron chi connectivity index (χ1n) is 15.0. The topological polar surface area (TPSA) is 114 Å². The molecule has 0 bridgehead atoms. The first-order valence-corrected chi connectivity index (χ1v) is 15.4. The number of hydrogen-bond donors (Lipinski definition) is 1. The summed E-state index contributed by atoms with van der Waals surface area (Å²) < 4.78 is 37.4. The maximum Gasteiger partial charge on any atom is 0.319 e. The molecule has 3 aromatic heterocycles. The number of ether oxygens (including phenoxy) is 1. The zero-order valence-corrected chi connectivity index (χ0v) is 25.6. The number of alkyl halides is 1. The predicted octanol–water partition coefficient (Wildman–Crippen LogP) is 4.79. The van der Waals surface area contributed by atoms with Crippen molar-refractivity contribution in [2.45, 2.75) is 43.4 Å². The summed E-state index contributed by atoms with van der Waals surface area (Å²) in [5.74, 6) is -0.279. The summed E-state index contributed by atoms with van der Waals surface area (Å²) in [7, 11) is 1.85. The number of likely N-dealkylation sites (tertiary alicyclic amines) is 1. The number of anilines is 2. The Balaban J connectivity index is 1.33. The van der Waals surface area contributed by atoms with Gasteiger partial charge in [-0.2, -0.15) is 9.97 Å². The molecule has 10 nitrogen and oxygen atoms in total. The molecule has 3 fully saturated rings. The van der Waals surface area contributed by atoms with Crippen LogP contribution < -0.4 is 15.4 Å². The van der Waals surface area contributed by atoms with Crippen molar-refractivity contribution in [3.05, 3.63) is 54.0 Å². The Morgan fingerprint density at radius 1 is 1.27 bits per heavy atom. The molecule has 3 aliphatic rings. The van der Waals surface area contributed by atoms with Gasteiger partial charge in [0.2, 0.25) is 5.91 Å². The monoisotopic (exact) mass is 634 g/mol. The Morgan fingerprint density at radius 3 is 2.93 bits per heavy atom. The van der Waals surface area contributed by atoms with Crippen molar-refractivity contribution in [3.8, 4) is 17.4 Å². The molecule has 1 amide bonds. The van der Waals surface area contributed by atoms with Gasteiger partial charge in [-0.25, -0.2) is 13.8 Å². The Hall–Kier alpha value is -4.16. The summed E-state index contributed by atoms with van der Waals surface area (Å²) in [4.78, 5) is 36.3. The van der Waals surface area contributed by atoms with Crippen LogP contribution in [0.3, 0.4) is 0 Å². The van der Waals surface area contributed by atoms with E-state index in [4.69, 9.17) is 27.1 Å². The van der Waals surface area contributed by atoms with Crippen LogP contribution >= 0.6 is 11.6 Å². The second kappa shape index (κ2) is 11.3. The summed E-state index contributed by atoms with van der Waals surface area (Å²) in [6.45, 7) is 5.98. The number of hydrogen-bond acceptors (Lipinski definition) is 9. The third-order valence-corrected chi connectivity index (χ3v) is 9.77. The Morgan fingerprint density at radius 2 is 2.11 bits per heavy atom. The van der Waals surface area contributed by atoms with Crippen LogP contribution in [0.25, 0.3) is 33.1 Å². The molecule has 3 atom stereocenters. The van der Waals surface area contributed by atoms with Crippen molar-refractivity contribution in [2.75, 3.05) is 50.5 Å². The summed E-state index contributed by atoms with van der Waals surface area (Å²) in [6.07, 6.45) is 4.71. The second-order valence-corrected chi connectivity index (χ2v) is 12.6. The fourth-order valence-corrected chi connectivity index (χ4v) is 7.46. The van der Waals surface area contributed by atoms with E-state index in [0.29, 0.717) is 59.5 Å². The van der Waals surface area contributed by atoms with Crippen LogP contribution in [-0.4, -0.2) is 93.2 Å². The number of benzene rings is 1. The lowest BCUT2D eigenvalue weighted by atomic mass is 9.95. The van der Waals surface area contributed by atoms with E-state index in [2.05, 4.69) is 26.4 Å². The van der Waals surface area contributed by atoms with Crippen molar-refractivity contribution in [3.63, 3.8) is 0 Å². The lowest BCUT2D eigenvalue weighted by Crippen LogP contribution is -2.43. The van der Waals surface area contributed by atoms with E-state index in [9.17, 15) is 9.18 Å². The second-order valence-electron chi connectivity index (χ2n) is 12.2. The molecule has 45 heavy (non-hydrogen) atoms. The maximum atomic E-state index is 16.7. The van der Waals surface area contributed by atoms with Gasteiger partial charge in [0.15, 0.2) is 5.82 Å². The molecular weight excluding hydrogens is 602 g/mol. The average Bonchev–Trinajstić information content (AvgIpc) is 3.74. The van der Waals surface area contributed by atoms with Gasteiger partial charge in [0.25, 0.3) is 0 Å². The van der Waals surface area contributed by atoms with Gasteiger partial charge < -0.3 is 20.3 Å². The lowest BCUT2D eigenvalue weighted by molar-refractivity contribution is -0.125. The molecule has 234 valence electrons. The van der Waals surface area contributed by atoms with Crippen molar-refractivity contribution < 1.29 is 18.3 Å². The summed E-state index contributed by atoms with van der Waals surface area (Å²) in [6, 6.07) is 6.84. The van der Waals surface area contributed by atoms with Gasteiger partial charge in [-0.05, 0) is 49.4 Å². The standard InChI is InChI=1S/C32H33ClF2N8O2/c1-3-24(44)42-11-8-20(16-42)41(2)30-21-14-37-29(28-25-18(12-23(36)38-28)6-4-7-22(25)33)26(35)27(21)39-31(40-30)45-17-32-9-5-10-43(32)15-19(34)13-32/h3-4,6-7,12,14,19-20H,1,5,8-11,13,15-17H2,2H3,(H2,36,38)/t19-,20-,32+/m1/s1. The molecule has 6 heterocycles. The zero-order chi connectivity index (χ0) is 31.5. The van der Waals surface area contributed by atoms with Crippen LogP contribution in [0, 0.1) is 5.82 Å². The molecule has 1 aromatic carbocycles. The van der Waals surface area contributed by atoms with E-state index in [1.807, 2.05) is 18.0 Å². The number of likely N-dealkylation sites (N-methyl/N-ethyl adjacent to an activating group) is 1. The highest BCUT2D eigenvalue weighted by atomic mass is 35.5. The van der Waals surface area contributed by atoms with Gasteiger partial charge in [-0.15, -0.1) is 0 Å². The van der Waals surface area contributed by atoms with Gasteiger partial charge in [-0.3, -0.25) is 14.7 Å². The highest BCUT2D eigenvalue weighted by Gasteiger charge is 2.49. The molecule has 0 aliphatic carbocycles. The number of nitrogens with two attached hydrogens (primary N) is 1. The number of fused-ring (bicyclic) bond motifs is 3. The van der Waals surface area contributed by atoms with E-state index in [-0.39, 0.29) is 47.3 Å². The van der Waals surface area contributed by atoms with Crippen LogP contribution in [0.15, 0.2) is 43.1 Å². The van der Waals surface area contributed by atoms with Gasteiger partial charge in [0, 0.05) is 50.7 Å². The van der Waals surface area contributed by atoms with E-state index in [1.54, 1.807) is 23.1 Å². The fourth-order valence-electron chi connectivity index (χ4n) is 7.19. The molecule has 0 unspecified atom stereocenters.